The van der Waals surface area contributed by atoms with Crippen molar-refractivity contribution in [3.8, 4) is 0 Å². The summed E-state index contributed by atoms with van der Waals surface area (Å²) in [4.78, 5) is 23.6. The number of hydrogen-bond acceptors (Lipinski definition) is 2. The molecule has 17 heavy (non-hydrogen) atoms. The predicted octanol–water partition coefficient (Wildman–Crippen LogP) is 1.69. The molecule has 0 aromatic carbocycles. The van der Waals surface area contributed by atoms with Gasteiger partial charge in [-0.15, -0.1) is 0 Å². The van der Waals surface area contributed by atoms with Crippen LogP contribution in [0, 0.1) is 17.3 Å². The molecule has 0 saturated heterocycles. The Labute approximate surface area is 104 Å². The highest BCUT2D eigenvalue weighted by Gasteiger charge is 2.39. The van der Waals surface area contributed by atoms with E-state index in [1.807, 2.05) is 34.6 Å². The van der Waals surface area contributed by atoms with Crippen molar-refractivity contribution < 1.29 is 9.59 Å². The van der Waals surface area contributed by atoms with Crippen molar-refractivity contribution in [1.82, 2.24) is 5.32 Å². The lowest BCUT2D eigenvalue weighted by Crippen LogP contribution is -2.46. The van der Waals surface area contributed by atoms with Gasteiger partial charge in [0.1, 0.15) is 0 Å². The minimum absolute atomic E-state index is 0.0720. The molecule has 0 aliphatic heterocycles. The van der Waals surface area contributed by atoms with Crippen molar-refractivity contribution in [2.45, 2.75) is 47.5 Å². The SMILES string of the molecule is CCC[C@H](C(N)=O)[C@H](C(=O)NCC)C(C)(C)C. The van der Waals surface area contributed by atoms with Gasteiger partial charge in [0.25, 0.3) is 0 Å². The molecule has 0 aliphatic carbocycles. The van der Waals surface area contributed by atoms with Gasteiger partial charge in [0.05, 0.1) is 5.92 Å². The molecule has 0 radical (unpaired) electrons. The molecule has 0 saturated carbocycles. The highest BCUT2D eigenvalue weighted by Crippen LogP contribution is 2.34. The van der Waals surface area contributed by atoms with Crippen LogP contribution in [0.1, 0.15) is 47.5 Å². The fourth-order valence-corrected chi connectivity index (χ4v) is 2.25. The Bertz CT molecular complexity index is 269. The Kier molecular flexibility index (Phi) is 6.21. The number of nitrogens with one attached hydrogen (secondary N) is 1. The van der Waals surface area contributed by atoms with E-state index in [1.165, 1.54) is 0 Å². The van der Waals surface area contributed by atoms with Gasteiger partial charge in [-0.1, -0.05) is 34.1 Å². The zero-order valence-corrected chi connectivity index (χ0v) is 11.7. The van der Waals surface area contributed by atoms with Crippen LogP contribution < -0.4 is 11.1 Å². The van der Waals surface area contributed by atoms with Gasteiger partial charge in [-0.2, -0.15) is 0 Å². The van der Waals surface area contributed by atoms with E-state index in [-0.39, 0.29) is 29.1 Å². The van der Waals surface area contributed by atoms with E-state index in [0.29, 0.717) is 13.0 Å². The first-order valence-corrected chi connectivity index (χ1v) is 6.32. The summed E-state index contributed by atoms with van der Waals surface area (Å²) in [6.07, 6.45) is 1.51. The lowest BCUT2D eigenvalue weighted by atomic mass is 9.71. The minimum atomic E-state index is -0.383. The van der Waals surface area contributed by atoms with E-state index < -0.39 is 0 Å². The quantitative estimate of drug-likeness (QED) is 0.744. The van der Waals surface area contributed by atoms with E-state index in [0.717, 1.165) is 6.42 Å². The Hall–Kier alpha value is -1.06. The second-order valence-corrected chi connectivity index (χ2v) is 5.54. The zero-order chi connectivity index (χ0) is 13.6. The average Bonchev–Trinajstić information content (AvgIpc) is 2.15. The van der Waals surface area contributed by atoms with Crippen LogP contribution in [0.3, 0.4) is 0 Å². The molecular formula is C13H26N2O2. The van der Waals surface area contributed by atoms with Crippen LogP contribution >= 0.6 is 0 Å². The molecule has 0 aromatic rings. The normalized spacial score (nSPS) is 15.1. The Morgan fingerprint density at radius 1 is 1.24 bits per heavy atom. The third kappa shape index (κ3) is 4.75. The van der Waals surface area contributed by atoms with Crippen LogP contribution in [-0.4, -0.2) is 18.4 Å². The molecule has 0 aliphatic rings. The Morgan fingerprint density at radius 2 is 1.76 bits per heavy atom. The topological polar surface area (TPSA) is 72.2 Å². The third-order valence-electron chi connectivity index (χ3n) is 2.93. The van der Waals surface area contributed by atoms with E-state index in [9.17, 15) is 9.59 Å². The van der Waals surface area contributed by atoms with E-state index in [4.69, 9.17) is 5.73 Å². The van der Waals surface area contributed by atoms with Crippen LogP contribution in [0.5, 0.6) is 0 Å². The fraction of sp³-hybridized carbons (Fsp3) is 0.846. The van der Waals surface area contributed by atoms with Crippen molar-refractivity contribution in [1.29, 1.82) is 0 Å². The number of amides is 2. The van der Waals surface area contributed by atoms with Crippen LogP contribution in [0.4, 0.5) is 0 Å². The lowest BCUT2D eigenvalue weighted by Gasteiger charge is -2.34. The molecule has 0 rings (SSSR count). The standard InChI is InChI=1S/C13H26N2O2/c1-6-8-9(11(14)16)10(13(3,4)5)12(17)15-7-2/h9-10H,6-8H2,1-5H3,(H2,14,16)(H,15,17)/t9-,10+/m0/s1. The van der Waals surface area contributed by atoms with Gasteiger partial charge < -0.3 is 11.1 Å². The molecule has 0 heterocycles. The zero-order valence-electron chi connectivity index (χ0n) is 11.7. The second-order valence-electron chi connectivity index (χ2n) is 5.54. The van der Waals surface area contributed by atoms with Crippen molar-refractivity contribution >= 4 is 11.8 Å². The number of nitrogens with two attached hydrogens (primary N) is 1. The van der Waals surface area contributed by atoms with Crippen LogP contribution in [0.2, 0.25) is 0 Å². The number of primary amides is 1. The fourth-order valence-electron chi connectivity index (χ4n) is 2.25. The first-order chi connectivity index (χ1) is 7.75. The molecule has 2 atom stereocenters. The number of hydrogen-bond donors (Lipinski definition) is 2. The maximum Gasteiger partial charge on any atom is 0.224 e. The summed E-state index contributed by atoms with van der Waals surface area (Å²) in [5.41, 5.74) is 5.17. The smallest absolute Gasteiger partial charge is 0.224 e. The first kappa shape index (κ1) is 15.9. The maximum absolute atomic E-state index is 12.1. The van der Waals surface area contributed by atoms with E-state index in [2.05, 4.69) is 5.32 Å². The predicted molar refractivity (Wildman–Crippen MR) is 69.2 cm³/mol. The van der Waals surface area contributed by atoms with Crippen molar-refractivity contribution in [2.24, 2.45) is 23.0 Å². The van der Waals surface area contributed by atoms with Crippen molar-refractivity contribution in [2.75, 3.05) is 6.54 Å². The van der Waals surface area contributed by atoms with Crippen molar-refractivity contribution in [3.63, 3.8) is 0 Å². The molecule has 0 bridgehead atoms. The summed E-state index contributed by atoms with van der Waals surface area (Å²) in [5.74, 6) is -1.19. The number of rotatable bonds is 6. The van der Waals surface area contributed by atoms with Crippen molar-refractivity contribution in [3.05, 3.63) is 0 Å². The van der Waals surface area contributed by atoms with Gasteiger partial charge in [-0.3, -0.25) is 9.59 Å². The lowest BCUT2D eigenvalue weighted by molar-refractivity contribution is -0.137. The molecule has 3 N–H and O–H groups in total. The number of carbonyl (C=O) groups excluding carboxylic acids is 2. The summed E-state index contributed by atoms with van der Waals surface area (Å²) < 4.78 is 0. The summed E-state index contributed by atoms with van der Waals surface area (Å²) in [7, 11) is 0. The first-order valence-electron chi connectivity index (χ1n) is 6.32. The molecule has 0 unspecified atom stereocenters. The average molecular weight is 242 g/mol. The molecule has 100 valence electrons. The van der Waals surface area contributed by atoms with Crippen LogP contribution in [-0.2, 0) is 9.59 Å². The molecule has 0 spiro atoms. The second kappa shape index (κ2) is 6.62. The van der Waals surface area contributed by atoms with Gasteiger partial charge in [-0.25, -0.2) is 0 Å². The molecule has 0 fully saturated rings. The summed E-state index contributed by atoms with van der Waals surface area (Å²) in [6, 6.07) is 0. The summed E-state index contributed by atoms with van der Waals surface area (Å²) in [5, 5.41) is 2.80. The van der Waals surface area contributed by atoms with Gasteiger partial charge in [0.2, 0.25) is 11.8 Å². The Morgan fingerprint density at radius 3 is 2.06 bits per heavy atom. The third-order valence-corrected chi connectivity index (χ3v) is 2.93. The minimum Gasteiger partial charge on any atom is -0.369 e. The highest BCUT2D eigenvalue weighted by molar-refractivity contribution is 5.87. The molecule has 4 nitrogen and oxygen atoms in total. The van der Waals surface area contributed by atoms with Gasteiger partial charge in [0.15, 0.2) is 0 Å². The van der Waals surface area contributed by atoms with E-state index in [1.54, 1.807) is 0 Å². The maximum atomic E-state index is 12.1. The molecule has 0 aromatic heterocycles. The van der Waals surface area contributed by atoms with E-state index >= 15 is 0 Å². The molecule has 4 heteroatoms. The number of carbonyl (C=O) groups is 2. The highest BCUT2D eigenvalue weighted by atomic mass is 16.2. The van der Waals surface area contributed by atoms with Gasteiger partial charge >= 0.3 is 0 Å². The summed E-state index contributed by atoms with van der Waals surface area (Å²) >= 11 is 0. The summed E-state index contributed by atoms with van der Waals surface area (Å²) in [6.45, 7) is 10.3. The van der Waals surface area contributed by atoms with Gasteiger partial charge in [-0.05, 0) is 18.8 Å². The van der Waals surface area contributed by atoms with Gasteiger partial charge in [0, 0.05) is 12.5 Å². The van der Waals surface area contributed by atoms with Crippen LogP contribution in [0.15, 0.2) is 0 Å². The molecular weight excluding hydrogens is 216 g/mol. The monoisotopic (exact) mass is 242 g/mol. The Balaban J connectivity index is 5.13. The molecule has 2 amide bonds. The van der Waals surface area contributed by atoms with Crippen LogP contribution in [0.25, 0.3) is 0 Å². The largest absolute Gasteiger partial charge is 0.369 e.